The van der Waals surface area contributed by atoms with E-state index in [9.17, 15) is 15.0 Å². The molecule has 0 aromatic carbocycles. The van der Waals surface area contributed by atoms with Crippen molar-refractivity contribution in [3.8, 4) is 0 Å². The van der Waals surface area contributed by atoms with E-state index < -0.39 is 11.6 Å². The highest BCUT2D eigenvalue weighted by atomic mass is 16.5. The second kappa shape index (κ2) is 6.33. The topological polar surface area (TPSA) is 78.8 Å². The van der Waals surface area contributed by atoms with Crippen LogP contribution in [0.5, 0.6) is 0 Å². The van der Waals surface area contributed by atoms with Crippen molar-refractivity contribution >= 4 is 5.97 Å². The number of carbonyl (C=O) groups is 1. The van der Waals surface area contributed by atoms with Crippen LogP contribution in [0.1, 0.15) is 32.6 Å². The van der Waals surface area contributed by atoms with Gasteiger partial charge in [0.1, 0.15) is 0 Å². The number of carbonyl (C=O) groups excluding carboxylic acids is 1. The van der Waals surface area contributed by atoms with E-state index in [-0.39, 0.29) is 12.6 Å². The number of ether oxygens (including phenoxy) is 1. The number of hydrogen-bond acceptors (Lipinski definition) is 5. The van der Waals surface area contributed by atoms with Gasteiger partial charge in [-0.05, 0) is 38.6 Å². The van der Waals surface area contributed by atoms with Crippen LogP contribution < -0.4 is 5.32 Å². The van der Waals surface area contributed by atoms with Crippen LogP contribution in [-0.4, -0.2) is 48.1 Å². The molecule has 0 saturated heterocycles. The minimum atomic E-state index is -1.48. The van der Waals surface area contributed by atoms with Gasteiger partial charge in [-0.3, -0.25) is 0 Å². The van der Waals surface area contributed by atoms with E-state index in [2.05, 4.69) is 10.1 Å². The molecule has 1 rings (SSSR count). The molecule has 0 bridgehead atoms. The van der Waals surface area contributed by atoms with Gasteiger partial charge in [0.05, 0.1) is 13.2 Å². The van der Waals surface area contributed by atoms with E-state index in [1.54, 1.807) is 0 Å². The number of methoxy groups -OCH3 is 1. The van der Waals surface area contributed by atoms with E-state index in [0.29, 0.717) is 12.5 Å². The molecular formula is C12H23NO4. The van der Waals surface area contributed by atoms with Crippen molar-refractivity contribution < 1.29 is 19.7 Å². The number of aliphatic hydroxyl groups is 2. The van der Waals surface area contributed by atoms with Crippen molar-refractivity contribution in [2.24, 2.45) is 5.92 Å². The minimum absolute atomic E-state index is 0.173. The van der Waals surface area contributed by atoms with Crippen LogP contribution in [0.3, 0.4) is 0 Å². The monoisotopic (exact) mass is 245 g/mol. The lowest BCUT2D eigenvalue weighted by Crippen LogP contribution is -2.46. The van der Waals surface area contributed by atoms with Gasteiger partial charge in [-0.25, -0.2) is 4.79 Å². The van der Waals surface area contributed by atoms with Gasteiger partial charge in [0.25, 0.3) is 0 Å². The molecule has 0 amide bonds. The third-order valence-electron chi connectivity index (χ3n) is 3.28. The van der Waals surface area contributed by atoms with Gasteiger partial charge < -0.3 is 20.3 Å². The molecule has 3 unspecified atom stereocenters. The zero-order valence-corrected chi connectivity index (χ0v) is 10.6. The lowest BCUT2D eigenvalue weighted by molar-refractivity contribution is -0.159. The standard InChI is InChI=1S/C12H23NO4/c1-12(16,11(15)17-2)8-13-7-9-4-3-5-10(14)6-9/h9-10,13-14,16H,3-8H2,1-2H3. The van der Waals surface area contributed by atoms with Crippen molar-refractivity contribution in [2.75, 3.05) is 20.2 Å². The minimum Gasteiger partial charge on any atom is -0.467 e. The number of nitrogens with one attached hydrogen (secondary N) is 1. The SMILES string of the molecule is COC(=O)C(C)(O)CNCC1CCCC(O)C1. The molecule has 1 aliphatic carbocycles. The van der Waals surface area contributed by atoms with E-state index in [1.807, 2.05) is 0 Å². The van der Waals surface area contributed by atoms with Gasteiger partial charge in [0.15, 0.2) is 5.60 Å². The highest BCUT2D eigenvalue weighted by molar-refractivity contribution is 5.78. The highest BCUT2D eigenvalue weighted by Crippen LogP contribution is 2.23. The van der Waals surface area contributed by atoms with Crippen LogP contribution in [0.25, 0.3) is 0 Å². The molecule has 3 N–H and O–H groups in total. The van der Waals surface area contributed by atoms with Gasteiger partial charge in [0, 0.05) is 6.54 Å². The third kappa shape index (κ3) is 4.61. The first kappa shape index (κ1) is 14.4. The lowest BCUT2D eigenvalue weighted by Gasteiger charge is -2.27. The summed E-state index contributed by atoms with van der Waals surface area (Å²) in [6.07, 6.45) is 3.62. The largest absolute Gasteiger partial charge is 0.467 e. The molecule has 100 valence electrons. The van der Waals surface area contributed by atoms with Crippen molar-refractivity contribution in [1.82, 2.24) is 5.32 Å². The maximum atomic E-state index is 11.2. The Labute approximate surface area is 102 Å². The maximum absolute atomic E-state index is 11.2. The van der Waals surface area contributed by atoms with Gasteiger partial charge in [-0.15, -0.1) is 0 Å². The first-order valence-corrected chi connectivity index (χ1v) is 6.15. The molecule has 3 atom stereocenters. The van der Waals surface area contributed by atoms with Crippen LogP contribution in [0.4, 0.5) is 0 Å². The number of aliphatic hydroxyl groups excluding tert-OH is 1. The fraction of sp³-hybridized carbons (Fsp3) is 0.917. The zero-order chi connectivity index (χ0) is 12.9. The fourth-order valence-electron chi connectivity index (χ4n) is 2.26. The molecule has 0 aromatic rings. The summed E-state index contributed by atoms with van der Waals surface area (Å²) in [7, 11) is 1.26. The molecule has 5 heteroatoms. The smallest absolute Gasteiger partial charge is 0.338 e. The summed E-state index contributed by atoms with van der Waals surface area (Å²) in [5.74, 6) is -0.208. The van der Waals surface area contributed by atoms with Crippen LogP contribution in [0, 0.1) is 5.92 Å². The van der Waals surface area contributed by atoms with Crippen molar-refractivity contribution in [3.63, 3.8) is 0 Å². The molecule has 0 aromatic heterocycles. The molecule has 1 fully saturated rings. The highest BCUT2D eigenvalue weighted by Gasteiger charge is 2.31. The van der Waals surface area contributed by atoms with Gasteiger partial charge >= 0.3 is 5.97 Å². The van der Waals surface area contributed by atoms with Crippen LogP contribution in [0.2, 0.25) is 0 Å². The lowest BCUT2D eigenvalue weighted by atomic mass is 9.87. The molecule has 1 aliphatic rings. The average molecular weight is 245 g/mol. The van der Waals surface area contributed by atoms with Crippen LogP contribution in [-0.2, 0) is 9.53 Å². The number of hydrogen-bond donors (Lipinski definition) is 3. The molecule has 5 nitrogen and oxygen atoms in total. The summed E-state index contributed by atoms with van der Waals surface area (Å²) in [5.41, 5.74) is -1.48. The Morgan fingerprint density at radius 1 is 1.53 bits per heavy atom. The van der Waals surface area contributed by atoms with Crippen LogP contribution in [0.15, 0.2) is 0 Å². The predicted molar refractivity (Wildman–Crippen MR) is 63.5 cm³/mol. The Kier molecular flexibility index (Phi) is 5.36. The summed E-state index contributed by atoms with van der Waals surface area (Å²) in [6, 6.07) is 0. The van der Waals surface area contributed by atoms with Crippen LogP contribution >= 0.6 is 0 Å². The quantitative estimate of drug-likeness (QED) is 0.597. The number of rotatable bonds is 5. The van der Waals surface area contributed by atoms with E-state index >= 15 is 0 Å². The van der Waals surface area contributed by atoms with Crippen molar-refractivity contribution in [2.45, 2.75) is 44.3 Å². The molecule has 1 saturated carbocycles. The van der Waals surface area contributed by atoms with E-state index in [4.69, 9.17) is 0 Å². The Morgan fingerprint density at radius 2 is 2.24 bits per heavy atom. The molecule has 0 aliphatic heterocycles. The Balaban J connectivity index is 2.25. The van der Waals surface area contributed by atoms with Crippen molar-refractivity contribution in [1.29, 1.82) is 0 Å². The zero-order valence-electron chi connectivity index (χ0n) is 10.6. The van der Waals surface area contributed by atoms with E-state index in [1.165, 1.54) is 14.0 Å². The van der Waals surface area contributed by atoms with Gasteiger partial charge in [-0.2, -0.15) is 0 Å². The Bertz CT molecular complexity index is 255. The average Bonchev–Trinajstić information content (AvgIpc) is 2.27. The normalized spacial score (nSPS) is 28.5. The second-order valence-electron chi connectivity index (χ2n) is 5.08. The summed E-state index contributed by atoms with van der Waals surface area (Å²) in [5, 5.41) is 22.4. The van der Waals surface area contributed by atoms with E-state index in [0.717, 1.165) is 25.7 Å². The maximum Gasteiger partial charge on any atom is 0.338 e. The molecule has 0 heterocycles. The molecular weight excluding hydrogens is 222 g/mol. The summed E-state index contributed by atoms with van der Waals surface area (Å²) in [4.78, 5) is 11.2. The Hall–Kier alpha value is -0.650. The first-order valence-electron chi connectivity index (χ1n) is 6.15. The molecule has 17 heavy (non-hydrogen) atoms. The number of esters is 1. The van der Waals surface area contributed by atoms with Gasteiger partial charge in [0.2, 0.25) is 0 Å². The predicted octanol–water partition coefficient (Wildman–Crippen LogP) is 0.0511. The molecule has 0 radical (unpaired) electrons. The first-order chi connectivity index (χ1) is 7.95. The third-order valence-corrected chi connectivity index (χ3v) is 3.28. The second-order valence-corrected chi connectivity index (χ2v) is 5.08. The fourth-order valence-corrected chi connectivity index (χ4v) is 2.26. The van der Waals surface area contributed by atoms with Gasteiger partial charge in [-0.1, -0.05) is 6.42 Å². The summed E-state index contributed by atoms with van der Waals surface area (Å²) < 4.78 is 4.51. The molecule has 0 spiro atoms. The van der Waals surface area contributed by atoms with Crippen molar-refractivity contribution in [3.05, 3.63) is 0 Å². The summed E-state index contributed by atoms with van der Waals surface area (Å²) >= 11 is 0. The summed E-state index contributed by atoms with van der Waals surface area (Å²) in [6.45, 7) is 2.32. The Morgan fingerprint density at radius 3 is 2.82 bits per heavy atom.